The number of methoxy groups -OCH3 is 1. The molecule has 1 heterocycles. The Balaban J connectivity index is 2.52. The van der Waals surface area contributed by atoms with E-state index in [1.807, 2.05) is 7.11 Å². The lowest BCUT2D eigenvalue weighted by atomic mass is 9.86. The predicted molar refractivity (Wildman–Crippen MR) is 92.9 cm³/mol. The molecule has 1 aliphatic heterocycles. The molecule has 0 amide bonds. The summed E-state index contributed by atoms with van der Waals surface area (Å²) in [6, 6.07) is 0.701. The van der Waals surface area contributed by atoms with Crippen LogP contribution in [0.5, 0.6) is 0 Å². The zero-order chi connectivity index (χ0) is 15.6. The van der Waals surface area contributed by atoms with Crippen LogP contribution in [-0.2, 0) is 4.74 Å². The van der Waals surface area contributed by atoms with E-state index in [9.17, 15) is 0 Å². The van der Waals surface area contributed by atoms with Gasteiger partial charge in [0.15, 0.2) is 0 Å². The van der Waals surface area contributed by atoms with Crippen molar-refractivity contribution in [1.82, 2.24) is 9.62 Å². The summed E-state index contributed by atoms with van der Waals surface area (Å²) < 4.78 is 9.44. The second-order valence-corrected chi connectivity index (χ2v) is 12.1. The first-order chi connectivity index (χ1) is 8.95. The van der Waals surface area contributed by atoms with Gasteiger partial charge in [0.05, 0.1) is 5.60 Å². The lowest BCUT2D eigenvalue weighted by Crippen LogP contribution is -2.53. The van der Waals surface area contributed by atoms with Crippen LogP contribution < -0.4 is 4.72 Å². The van der Waals surface area contributed by atoms with Gasteiger partial charge in [-0.15, -0.1) is 0 Å². The molecule has 0 unspecified atom stereocenters. The van der Waals surface area contributed by atoms with Crippen molar-refractivity contribution in [3.63, 3.8) is 0 Å². The van der Waals surface area contributed by atoms with E-state index in [4.69, 9.17) is 4.74 Å². The molecule has 0 bridgehead atoms. The van der Waals surface area contributed by atoms with Crippen LogP contribution in [0.1, 0.15) is 47.0 Å². The van der Waals surface area contributed by atoms with Crippen molar-refractivity contribution < 1.29 is 4.74 Å². The first-order valence-corrected chi connectivity index (χ1v) is 10.6. The smallest absolute Gasteiger partial charge is 0.0640 e. The van der Waals surface area contributed by atoms with Gasteiger partial charge >= 0.3 is 0 Å². The molecule has 1 saturated heterocycles. The number of hydrogen-bond donors (Lipinski definition) is 1. The van der Waals surface area contributed by atoms with Crippen LogP contribution in [0.25, 0.3) is 0 Å². The van der Waals surface area contributed by atoms with Gasteiger partial charge < -0.3 is 4.74 Å². The molecular weight excluding hydrogens is 268 g/mol. The van der Waals surface area contributed by atoms with Gasteiger partial charge in [-0.1, -0.05) is 0 Å². The molecule has 0 aliphatic carbocycles. The lowest BCUT2D eigenvalue weighted by molar-refractivity contribution is -0.0365. The quantitative estimate of drug-likeness (QED) is 0.815. The molecule has 3 nitrogen and oxygen atoms in total. The van der Waals surface area contributed by atoms with Crippen LogP contribution >= 0.6 is 10.2 Å². The molecule has 1 aliphatic rings. The summed E-state index contributed by atoms with van der Waals surface area (Å²) in [6.45, 7) is 11.5. The largest absolute Gasteiger partial charge is 0.379 e. The molecule has 0 atom stereocenters. The Morgan fingerprint density at radius 2 is 1.60 bits per heavy atom. The molecule has 0 aromatic carbocycles. The Hall–Kier alpha value is 0.230. The molecule has 1 fully saturated rings. The van der Waals surface area contributed by atoms with Crippen molar-refractivity contribution in [2.24, 2.45) is 0 Å². The molecule has 1 rings (SSSR count). The minimum atomic E-state index is -0.598. The maximum absolute atomic E-state index is 5.62. The predicted octanol–water partition coefficient (Wildman–Crippen LogP) is 3.24. The lowest BCUT2D eigenvalue weighted by Gasteiger charge is -2.47. The van der Waals surface area contributed by atoms with Crippen LogP contribution in [0.2, 0.25) is 0 Å². The highest BCUT2D eigenvalue weighted by Crippen LogP contribution is 2.34. The Labute approximate surface area is 128 Å². The fraction of sp³-hybridized carbons (Fsp3) is 1.00. The second kappa shape index (κ2) is 6.55. The van der Waals surface area contributed by atoms with Crippen molar-refractivity contribution >= 4 is 10.2 Å². The van der Waals surface area contributed by atoms with Gasteiger partial charge in [-0.05, 0) is 65.7 Å². The third-order valence-electron chi connectivity index (χ3n) is 4.28. The number of likely N-dealkylation sites (tertiary alicyclic amines) is 1. The van der Waals surface area contributed by atoms with E-state index in [0.29, 0.717) is 6.04 Å². The molecule has 1 N–H and O–H groups in total. The molecule has 0 radical (unpaired) electrons. The third kappa shape index (κ3) is 5.92. The van der Waals surface area contributed by atoms with Crippen molar-refractivity contribution in [2.75, 3.05) is 39.0 Å². The van der Waals surface area contributed by atoms with Gasteiger partial charge in [-0.2, -0.15) is 10.2 Å². The Morgan fingerprint density at radius 1 is 1.10 bits per heavy atom. The number of nitrogens with zero attached hydrogens (tertiary/aromatic N) is 1. The summed E-state index contributed by atoms with van der Waals surface area (Å²) >= 11 is 0. The summed E-state index contributed by atoms with van der Waals surface area (Å²) in [5.41, 5.74) is 0.160. The summed E-state index contributed by atoms with van der Waals surface area (Å²) in [5.74, 6) is 0. The number of rotatable bonds is 6. The van der Waals surface area contributed by atoms with Gasteiger partial charge in [-0.25, -0.2) is 0 Å². The van der Waals surface area contributed by atoms with E-state index in [1.165, 1.54) is 25.9 Å². The zero-order valence-corrected chi connectivity index (χ0v) is 15.7. The van der Waals surface area contributed by atoms with E-state index in [2.05, 4.69) is 56.1 Å². The summed E-state index contributed by atoms with van der Waals surface area (Å²) in [6.07, 6.45) is 10.6. The highest BCUT2D eigenvalue weighted by Gasteiger charge is 2.35. The van der Waals surface area contributed by atoms with Crippen LogP contribution in [0, 0.1) is 0 Å². The number of ether oxygens (including phenoxy) is 1. The number of piperidine rings is 1. The number of nitrogens with one attached hydrogen (secondary N) is 1. The molecule has 4 heteroatoms. The maximum atomic E-state index is 5.62. The normalized spacial score (nSPS) is 21.2. The standard InChI is InChI=1S/C16H36N2OS/c1-15(2,13-16(3,4)19-5)18-11-9-14(10-12-18)17-20(6,7)8/h14,17H,9-13H2,1-8H3. The van der Waals surface area contributed by atoms with Crippen molar-refractivity contribution in [2.45, 2.75) is 64.1 Å². The first-order valence-electron chi connectivity index (χ1n) is 7.71. The minimum Gasteiger partial charge on any atom is -0.379 e. The molecule has 0 saturated carbocycles. The average molecular weight is 305 g/mol. The van der Waals surface area contributed by atoms with E-state index in [1.54, 1.807) is 0 Å². The van der Waals surface area contributed by atoms with Crippen LogP contribution in [0.15, 0.2) is 0 Å². The molecule has 122 valence electrons. The summed E-state index contributed by atoms with van der Waals surface area (Å²) in [4.78, 5) is 2.64. The number of hydrogen-bond acceptors (Lipinski definition) is 3. The Morgan fingerprint density at radius 3 is 2.00 bits per heavy atom. The van der Waals surface area contributed by atoms with Crippen LogP contribution in [0.4, 0.5) is 0 Å². The molecular formula is C16H36N2OS. The highest BCUT2D eigenvalue weighted by molar-refractivity contribution is 8.30. The van der Waals surface area contributed by atoms with Crippen LogP contribution in [0.3, 0.4) is 0 Å². The van der Waals surface area contributed by atoms with E-state index < -0.39 is 10.2 Å². The molecule has 0 aromatic heterocycles. The van der Waals surface area contributed by atoms with Gasteiger partial charge in [-0.3, -0.25) is 9.62 Å². The van der Waals surface area contributed by atoms with Crippen LogP contribution in [-0.4, -0.2) is 61.0 Å². The fourth-order valence-corrected chi connectivity index (χ4v) is 4.56. The Kier molecular flexibility index (Phi) is 5.99. The average Bonchev–Trinajstić information content (AvgIpc) is 2.26. The fourth-order valence-electron chi connectivity index (χ4n) is 3.33. The van der Waals surface area contributed by atoms with Crippen molar-refractivity contribution in [1.29, 1.82) is 0 Å². The summed E-state index contributed by atoms with van der Waals surface area (Å²) in [7, 11) is 1.22. The molecule has 0 spiro atoms. The molecule has 20 heavy (non-hydrogen) atoms. The van der Waals surface area contributed by atoms with E-state index >= 15 is 0 Å². The zero-order valence-electron chi connectivity index (χ0n) is 14.9. The molecule has 0 aromatic rings. The maximum Gasteiger partial charge on any atom is 0.0640 e. The highest BCUT2D eigenvalue weighted by atomic mass is 32.3. The minimum absolute atomic E-state index is 0.0475. The third-order valence-corrected chi connectivity index (χ3v) is 5.32. The topological polar surface area (TPSA) is 24.5 Å². The van der Waals surface area contributed by atoms with Crippen molar-refractivity contribution in [3.8, 4) is 0 Å². The van der Waals surface area contributed by atoms with Gasteiger partial charge in [0.2, 0.25) is 0 Å². The Bertz CT molecular complexity index is 302. The second-order valence-electron chi connectivity index (χ2n) is 8.17. The van der Waals surface area contributed by atoms with E-state index in [0.717, 1.165) is 6.42 Å². The van der Waals surface area contributed by atoms with E-state index in [-0.39, 0.29) is 11.1 Å². The first kappa shape index (κ1) is 18.3. The van der Waals surface area contributed by atoms with Crippen molar-refractivity contribution in [3.05, 3.63) is 0 Å². The monoisotopic (exact) mass is 304 g/mol. The summed E-state index contributed by atoms with van der Waals surface area (Å²) in [5, 5.41) is 0. The SMILES string of the molecule is COC(C)(C)CC(C)(C)N1CCC(NS(C)(C)C)CC1. The van der Waals surface area contributed by atoms with Gasteiger partial charge in [0, 0.05) is 31.8 Å². The van der Waals surface area contributed by atoms with Gasteiger partial charge in [0.25, 0.3) is 0 Å². The van der Waals surface area contributed by atoms with Gasteiger partial charge in [0.1, 0.15) is 0 Å².